The van der Waals surface area contributed by atoms with E-state index in [1.165, 1.54) is 0 Å². The van der Waals surface area contributed by atoms with E-state index < -0.39 is 5.54 Å². The van der Waals surface area contributed by atoms with Gasteiger partial charge in [-0.15, -0.1) is 0 Å². The van der Waals surface area contributed by atoms with Gasteiger partial charge in [-0.05, 0) is 24.0 Å². The van der Waals surface area contributed by atoms with Gasteiger partial charge in [0.2, 0.25) is 5.91 Å². The summed E-state index contributed by atoms with van der Waals surface area (Å²) in [6, 6.07) is 18.5. The maximum absolute atomic E-state index is 13.0. The van der Waals surface area contributed by atoms with Crippen molar-refractivity contribution in [2.75, 3.05) is 19.6 Å². The molecule has 0 atom stereocenters. The number of rotatable bonds is 10. The van der Waals surface area contributed by atoms with Crippen LogP contribution in [-0.2, 0) is 10.3 Å². The van der Waals surface area contributed by atoms with E-state index >= 15 is 0 Å². The standard InChI is InChI=1S/C22H30N4O2/c1-2-3-15-25-21(28)26-17-10-16-24-20(27)22(23,18-11-6-4-7-12-18)19-13-8-5-9-14-19/h4-9,11-14H,2-3,10,15-17,23H2,1H3,(H,24,27)(H2,25,26,28). The van der Waals surface area contributed by atoms with Gasteiger partial charge in [-0.25, -0.2) is 4.79 Å². The average molecular weight is 383 g/mol. The van der Waals surface area contributed by atoms with Crippen molar-refractivity contribution < 1.29 is 9.59 Å². The van der Waals surface area contributed by atoms with Crippen molar-refractivity contribution in [2.45, 2.75) is 31.7 Å². The molecule has 0 radical (unpaired) electrons. The number of unbranched alkanes of at least 4 members (excludes halogenated alkanes) is 1. The Balaban J connectivity index is 1.91. The zero-order valence-electron chi connectivity index (χ0n) is 16.4. The first-order chi connectivity index (χ1) is 13.6. The molecule has 0 aliphatic rings. The van der Waals surface area contributed by atoms with Gasteiger partial charge >= 0.3 is 6.03 Å². The van der Waals surface area contributed by atoms with Crippen LogP contribution in [0.2, 0.25) is 0 Å². The maximum atomic E-state index is 13.0. The minimum Gasteiger partial charge on any atom is -0.354 e. The molecule has 2 aromatic rings. The molecule has 3 amide bonds. The molecule has 28 heavy (non-hydrogen) atoms. The van der Waals surface area contributed by atoms with Gasteiger partial charge in [0, 0.05) is 19.6 Å². The molecule has 0 aliphatic carbocycles. The summed E-state index contributed by atoms with van der Waals surface area (Å²) in [5.41, 5.74) is 6.81. The summed E-state index contributed by atoms with van der Waals surface area (Å²) < 4.78 is 0. The molecule has 0 heterocycles. The van der Waals surface area contributed by atoms with Gasteiger partial charge in [0.15, 0.2) is 0 Å². The fourth-order valence-electron chi connectivity index (χ4n) is 2.90. The minimum absolute atomic E-state index is 0.179. The van der Waals surface area contributed by atoms with E-state index in [2.05, 4.69) is 22.9 Å². The predicted molar refractivity (Wildman–Crippen MR) is 112 cm³/mol. The van der Waals surface area contributed by atoms with E-state index in [9.17, 15) is 9.59 Å². The van der Waals surface area contributed by atoms with Gasteiger partial charge in [-0.3, -0.25) is 4.79 Å². The van der Waals surface area contributed by atoms with Crippen molar-refractivity contribution in [1.82, 2.24) is 16.0 Å². The van der Waals surface area contributed by atoms with E-state index in [4.69, 9.17) is 5.73 Å². The van der Waals surface area contributed by atoms with Crippen molar-refractivity contribution in [1.29, 1.82) is 0 Å². The lowest BCUT2D eigenvalue weighted by atomic mass is 9.83. The Hall–Kier alpha value is -2.86. The van der Waals surface area contributed by atoms with Crippen LogP contribution in [0, 0.1) is 0 Å². The number of hydrogen-bond donors (Lipinski definition) is 4. The second kappa shape index (κ2) is 11.1. The molecule has 0 aromatic heterocycles. The first kappa shape index (κ1) is 21.4. The lowest BCUT2D eigenvalue weighted by Crippen LogP contribution is -2.52. The van der Waals surface area contributed by atoms with E-state index in [1.807, 2.05) is 60.7 Å². The Labute approximate surface area is 166 Å². The van der Waals surface area contributed by atoms with Crippen LogP contribution in [0.3, 0.4) is 0 Å². The highest BCUT2D eigenvalue weighted by molar-refractivity contribution is 5.91. The molecule has 0 saturated carbocycles. The van der Waals surface area contributed by atoms with E-state index in [0.717, 1.165) is 24.0 Å². The number of carbonyl (C=O) groups excluding carboxylic acids is 2. The van der Waals surface area contributed by atoms with Crippen molar-refractivity contribution in [2.24, 2.45) is 5.73 Å². The second-order valence-electron chi connectivity index (χ2n) is 6.69. The number of amides is 3. The smallest absolute Gasteiger partial charge is 0.314 e. The number of urea groups is 1. The molecule has 6 heteroatoms. The molecular weight excluding hydrogens is 352 g/mol. The van der Waals surface area contributed by atoms with Crippen molar-refractivity contribution in [3.05, 3.63) is 71.8 Å². The topological polar surface area (TPSA) is 96.2 Å². The summed E-state index contributed by atoms with van der Waals surface area (Å²) in [7, 11) is 0. The van der Waals surface area contributed by atoms with Gasteiger partial charge in [-0.2, -0.15) is 0 Å². The van der Waals surface area contributed by atoms with Crippen LogP contribution in [0.25, 0.3) is 0 Å². The summed E-state index contributed by atoms with van der Waals surface area (Å²) in [6.45, 7) is 3.65. The first-order valence-electron chi connectivity index (χ1n) is 9.79. The Bertz CT molecular complexity index is 695. The number of nitrogens with one attached hydrogen (secondary N) is 3. The number of nitrogens with two attached hydrogens (primary N) is 1. The van der Waals surface area contributed by atoms with Gasteiger partial charge < -0.3 is 21.7 Å². The normalized spacial score (nSPS) is 10.9. The Morgan fingerprint density at radius 3 is 1.75 bits per heavy atom. The number of benzene rings is 2. The van der Waals surface area contributed by atoms with Crippen LogP contribution in [-0.4, -0.2) is 31.6 Å². The fourth-order valence-corrected chi connectivity index (χ4v) is 2.90. The third-order valence-corrected chi connectivity index (χ3v) is 4.56. The molecule has 6 nitrogen and oxygen atoms in total. The second-order valence-corrected chi connectivity index (χ2v) is 6.69. The third-order valence-electron chi connectivity index (χ3n) is 4.56. The summed E-state index contributed by atoms with van der Waals surface area (Å²) in [5.74, 6) is -0.266. The highest BCUT2D eigenvalue weighted by atomic mass is 16.2. The highest BCUT2D eigenvalue weighted by Crippen LogP contribution is 2.27. The molecule has 0 unspecified atom stereocenters. The van der Waals surface area contributed by atoms with E-state index in [0.29, 0.717) is 26.1 Å². The molecule has 0 saturated heterocycles. The molecule has 0 fully saturated rings. The maximum Gasteiger partial charge on any atom is 0.314 e. The molecule has 2 rings (SSSR count). The number of carbonyl (C=O) groups is 2. The van der Waals surface area contributed by atoms with Gasteiger partial charge in [-0.1, -0.05) is 74.0 Å². The van der Waals surface area contributed by atoms with Gasteiger partial charge in [0.25, 0.3) is 0 Å². The van der Waals surface area contributed by atoms with Crippen LogP contribution in [0.5, 0.6) is 0 Å². The minimum atomic E-state index is -1.27. The van der Waals surface area contributed by atoms with Crippen LogP contribution in [0.15, 0.2) is 60.7 Å². The molecule has 2 aromatic carbocycles. The van der Waals surface area contributed by atoms with Crippen molar-refractivity contribution >= 4 is 11.9 Å². The zero-order valence-corrected chi connectivity index (χ0v) is 16.4. The van der Waals surface area contributed by atoms with Gasteiger partial charge in [0.1, 0.15) is 5.54 Å². The average Bonchev–Trinajstić information content (AvgIpc) is 2.74. The Morgan fingerprint density at radius 2 is 1.25 bits per heavy atom. The monoisotopic (exact) mass is 382 g/mol. The number of hydrogen-bond acceptors (Lipinski definition) is 3. The largest absolute Gasteiger partial charge is 0.354 e. The van der Waals surface area contributed by atoms with Crippen LogP contribution in [0.4, 0.5) is 4.79 Å². The van der Waals surface area contributed by atoms with Crippen LogP contribution >= 0.6 is 0 Å². The first-order valence-corrected chi connectivity index (χ1v) is 9.79. The molecular formula is C22H30N4O2. The summed E-state index contributed by atoms with van der Waals surface area (Å²) in [4.78, 5) is 24.6. The molecule has 5 N–H and O–H groups in total. The Kier molecular flexibility index (Phi) is 8.49. The van der Waals surface area contributed by atoms with Crippen LogP contribution in [0.1, 0.15) is 37.3 Å². The Morgan fingerprint density at radius 1 is 0.786 bits per heavy atom. The fraction of sp³-hybridized carbons (Fsp3) is 0.364. The summed E-state index contributed by atoms with van der Waals surface area (Å²) in [5, 5.41) is 8.49. The molecule has 0 bridgehead atoms. The van der Waals surface area contributed by atoms with Crippen molar-refractivity contribution in [3.8, 4) is 0 Å². The van der Waals surface area contributed by atoms with Crippen LogP contribution < -0.4 is 21.7 Å². The molecule has 0 spiro atoms. The van der Waals surface area contributed by atoms with Crippen molar-refractivity contribution in [3.63, 3.8) is 0 Å². The summed E-state index contributed by atoms with van der Waals surface area (Å²) in [6.07, 6.45) is 2.61. The lowest BCUT2D eigenvalue weighted by Gasteiger charge is -2.29. The van der Waals surface area contributed by atoms with E-state index in [1.54, 1.807) is 0 Å². The molecule has 0 aliphatic heterocycles. The van der Waals surface area contributed by atoms with Gasteiger partial charge in [0.05, 0.1) is 0 Å². The lowest BCUT2D eigenvalue weighted by molar-refractivity contribution is -0.125. The quantitative estimate of drug-likeness (QED) is 0.475. The zero-order chi connectivity index (χ0) is 20.2. The highest BCUT2D eigenvalue weighted by Gasteiger charge is 2.37. The summed E-state index contributed by atoms with van der Waals surface area (Å²) >= 11 is 0. The predicted octanol–water partition coefficient (Wildman–Crippen LogP) is 2.49. The van der Waals surface area contributed by atoms with E-state index in [-0.39, 0.29) is 11.9 Å². The molecule has 150 valence electrons. The SMILES string of the molecule is CCCCNC(=O)NCCCNC(=O)C(N)(c1ccccc1)c1ccccc1. The third kappa shape index (κ3) is 5.82.